The first-order valence-electron chi connectivity index (χ1n) is 5.44. The Labute approximate surface area is 102 Å². The van der Waals surface area contributed by atoms with Crippen LogP contribution >= 0.6 is 0 Å². The molecule has 0 spiro atoms. The van der Waals surface area contributed by atoms with Gasteiger partial charge in [0.1, 0.15) is 11.6 Å². The van der Waals surface area contributed by atoms with Crippen LogP contribution in [0, 0.1) is 19.7 Å². The first-order valence-corrected chi connectivity index (χ1v) is 5.44. The fraction of sp³-hybridized carbons (Fsp3) is 0.200. The molecule has 2 heteroatoms. The Morgan fingerprint density at radius 3 is 1.53 bits per heavy atom. The van der Waals surface area contributed by atoms with Crippen molar-refractivity contribution in [3.05, 3.63) is 65.5 Å². The van der Waals surface area contributed by atoms with E-state index in [9.17, 15) is 4.39 Å². The molecule has 2 aromatic carbocycles. The van der Waals surface area contributed by atoms with Crippen LogP contribution in [0.3, 0.4) is 0 Å². The molecular formula is C15H17FO. The number of hydrogen-bond acceptors (Lipinski definition) is 1. The van der Waals surface area contributed by atoms with Crippen molar-refractivity contribution < 1.29 is 9.13 Å². The molecule has 0 heterocycles. The third kappa shape index (κ3) is 5.16. The minimum absolute atomic E-state index is 0.171. The van der Waals surface area contributed by atoms with Crippen LogP contribution in [0.15, 0.2) is 48.5 Å². The third-order valence-corrected chi connectivity index (χ3v) is 2.27. The maximum atomic E-state index is 12.1. The van der Waals surface area contributed by atoms with Gasteiger partial charge in [-0.3, -0.25) is 0 Å². The Hall–Kier alpha value is -1.83. The molecule has 0 aliphatic carbocycles. The summed E-state index contributed by atoms with van der Waals surface area (Å²) in [4.78, 5) is 0. The highest BCUT2D eigenvalue weighted by atomic mass is 19.1. The number of benzene rings is 2. The van der Waals surface area contributed by atoms with E-state index in [4.69, 9.17) is 4.74 Å². The Bertz CT molecular complexity index is 410. The van der Waals surface area contributed by atoms with E-state index in [1.165, 1.54) is 17.7 Å². The van der Waals surface area contributed by atoms with Crippen molar-refractivity contribution in [3.8, 4) is 5.75 Å². The summed E-state index contributed by atoms with van der Waals surface area (Å²) < 4.78 is 17.1. The summed E-state index contributed by atoms with van der Waals surface area (Å²) in [6.45, 7) is 3.99. The normalized spacial score (nSPS) is 9.18. The Morgan fingerprint density at radius 2 is 1.18 bits per heavy atom. The maximum Gasteiger partial charge on any atom is 0.123 e. The van der Waals surface area contributed by atoms with Crippen molar-refractivity contribution >= 4 is 0 Å². The van der Waals surface area contributed by atoms with E-state index in [0.717, 1.165) is 11.3 Å². The molecule has 1 nitrogen and oxygen atoms in total. The molecule has 17 heavy (non-hydrogen) atoms. The fourth-order valence-corrected chi connectivity index (χ4v) is 1.21. The fourth-order valence-electron chi connectivity index (χ4n) is 1.21. The zero-order valence-electron chi connectivity index (χ0n) is 10.4. The molecule has 0 saturated carbocycles. The van der Waals surface area contributed by atoms with Crippen LogP contribution in [0.2, 0.25) is 0 Å². The molecule has 90 valence electrons. The van der Waals surface area contributed by atoms with Crippen LogP contribution in [0.5, 0.6) is 5.75 Å². The van der Waals surface area contributed by atoms with Crippen LogP contribution in [0.1, 0.15) is 11.1 Å². The summed E-state index contributed by atoms with van der Waals surface area (Å²) in [6.07, 6.45) is 0. The minimum atomic E-state index is -0.171. The third-order valence-electron chi connectivity index (χ3n) is 2.27. The van der Waals surface area contributed by atoms with Crippen LogP contribution in [0.25, 0.3) is 0 Å². The van der Waals surface area contributed by atoms with Gasteiger partial charge in [0.15, 0.2) is 0 Å². The molecule has 0 fully saturated rings. The smallest absolute Gasteiger partial charge is 0.123 e. The second-order valence-electron chi connectivity index (χ2n) is 3.81. The topological polar surface area (TPSA) is 9.23 Å². The molecule has 0 unspecified atom stereocenters. The van der Waals surface area contributed by atoms with Gasteiger partial charge in [-0.2, -0.15) is 0 Å². The van der Waals surface area contributed by atoms with Gasteiger partial charge in [0.05, 0.1) is 7.11 Å². The lowest BCUT2D eigenvalue weighted by molar-refractivity contribution is 0.414. The van der Waals surface area contributed by atoms with Crippen molar-refractivity contribution in [2.75, 3.05) is 7.11 Å². The van der Waals surface area contributed by atoms with E-state index in [0.29, 0.717) is 0 Å². The molecule has 0 radical (unpaired) electrons. The lowest BCUT2D eigenvalue weighted by Crippen LogP contribution is -1.80. The molecular weight excluding hydrogens is 215 g/mol. The van der Waals surface area contributed by atoms with Crippen LogP contribution in [-0.4, -0.2) is 7.11 Å². The molecule has 2 rings (SSSR count). The van der Waals surface area contributed by atoms with Gasteiger partial charge in [-0.25, -0.2) is 4.39 Å². The highest BCUT2D eigenvalue weighted by Crippen LogP contribution is 2.09. The van der Waals surface area contributed by atoms with E-state index < -0.39 is 0 Å². The summed E-state index contributed by atoms with van der Waals surface area (Å²) in [5.41, 5.74) is 2.35. The second kappa shape index (κ2) is 6.69. The average molecular weight is 232 g/mol. The minimum Gasteiger partial charge on any atom is -0.497 e. The summed E-state index contributed by atoms with van der Waals surface area (Å²) in [6, 6.07) is 14.4. The lowest BCUT2D eigenvalue weighted by atomic mass is 10.2. The number of methoxy groups -OCH3 is 1. The zero-order chi connectivity index (χ0) is 12.7. The van der Waals surface area contributed by atoms with Crippen LogP contribution in [-0.2, 0) is 0 Å². The summed E-state index contributed by atoms with van der Waals surface area (Å²) in [5.74, 6) is 0.746. The van der Waals surface area contributed by atoms with E-state index >= 15 is 0 Å². The van der Waals surface area contributed by atoms with Crippen molar-refractivity contribution in [1.29, 1.82) is 0 Å². The van der Waals surface area contributed by atoms with Crippen molar-refractivity contribution in [2.45, 2.75) is 13.8 Å². The molecule has 0 atom stereocenters. The molecule has 0 aromatic heterocycles. The van der Waals surface area contributed by atoms with Gasteiger partial charge < -0.3 is 4.74 Å². The molecule has 0 bridgehead atoms. The first-order chi connectivity index (χ1) is 8.11. The predicted octanol–water partition coefficient (Wildman–Crippen LogP) is 4.14. The Kier molecular flexibility index (Phi) is 5.21. The quantitative estimate of drug-likeness (QED) is 0.718. The summed E-state index contributed by atoms with van der Waals surface area (Å²) in [5, 5.41) is 0. The Morgan fingerprint density at radius 1 is 0.765 bits per heavy atom. The number of ether oxygens (including phenoxy) is 1. The average Bonchev–Trinajstić information content (AvgIpc) is 2.35. The lowest BCUT2D eigenvalue weighted by Gasteiger charge is -1.97. The molecule has 0 saturated heterocycles. The largest absolute Gasteiger partial charge is 0.497 e. The molecule has 0 aliphatic heterocycles. The molecule has 0 aliphatic rings. The van der Waals surface area contributed by atoms with Gasteiger partial charge in [0.25, 0.3) is 0 Å². The number of halogens is 1. The van der Waals surface area contributed by atoms with E-state index in [-0.39, 0.29) is 5.82 Å². The number of rotatable bonds is 1. The summed E-state index contributed by atoms with van der Waals surface area (Å²) >= 11 is 0. The van der Waals surface area contributed by atoms with Crippen LogP contribution < -0.4 is 4.74 Å². The maximum absolute atomic E-state index is 12.1. The highest BCUT2D eigenvalue weighted by molar-refractivity contribution is 5.25. The van der Waals surface area contributed by atoms with Gasteiger partial charge in [0, 0.05) is 0 Å². The second-order valence-corrected chi connectivity index (χ2v) is 3.81. The van der Waals surface area contributed by atoms with Crippen molar-refractivity contribution in [3.63, 3.8) is 0 Å². The first kappa shape index (κ1) is 13.2. The monoisotopic (exact) mass is 232 g/mol. The molecule has 0 amide bonds. The van der Waals surface area contributed by atoms with E-state index in [1.54, 1.807) is 19.2 Å². The zero-order valence-corrected chi connectivity index (χ0v) is 10.4. The molecule has 0 N–H and O–H groups in total. The highest BCUT2D eigenvalue weighted by Gasteiger charge is 1.85. The SMILES string of the molecule is COc1ccc(C)cc1.Cc1ccc(F)cc1. The summed E-state index contributed by atoms with van der Waals surface area (Å²) in [7, 11) is 1.67. The predicted molar refractivity (Wildman–Crippen MR) is 68.9 cm³/mol. The van der Waals surface area contributed by atoms with Crippen molar-refractivity contribution in [1.82, 2.24) is 0 Å². The van der Waals surface area contributed by atoms with Gasteiger partial charge in [-0.05, 0) is 38.1 Å². The van der Waals surface area contributed by atoms with E-state index in [2.05, 4.69) is 6.92 Å². The van der Waals surface area contributed by atoms with Crippen LogP contribution in [0.4, 0.5) is 4.39 Å². The standard InChI is InChI=1S/C8H10O.C7H7F/c1-7-3-5-8(9-2)6-4-7;1-6-2-4-7(8)5-3-6/h3-6H,1-2H3;2-5H,1H3. The Balaban J connectivity index is 0.000000171. The number of hydrogen-bond donors (Lipinski definition) is 0. The van der Waals surface area contributed by atoms with Gasteiger partial charge in [-0.1, -0.05) is 35.4 Å². The number of aryl methyl sites for hydroxylation is 2. The van der Waals surface area contributed by atoms with Crippen molar-refractivity contribution in [2.24, 2.45) is 0 Å². The van der Waals surface area contributed by atoms with Gasteiger partial charge >= 0.3 is 0 Å². The van der Waals surface area contributed by atoms with E-state index in [1.807, 2.05) is 31.2 Å². The molecule has 2 aromatic rings. The van der Waals surface area contributed by atoms with Gasteiger partial charge in [-0.15, -0.1) is 0 Å². The van der Waals surface area contributed by atoms with Gasteiger partial charge in [0.2, 0.25) is 0 Å².